The van der Waals surface area contributed by atoms with Crippen LogP contribution in [0.4, 0.5) is 18.9 Å². The van der Waals surface area contributed by atoms with Crippen LogP contribution < -0.4 is 10.1 Å². The van der Waals surface area contributed by atoms with Crippen LogP contribution >= 0.6 is 11.3 Å². The zero-order valence-electron chi connectivity index (χ0n) is 17.0. The van der Waals surface area contributed by atoms with Crippen LogP contribution in [0, 0.1) is 6.92 Å². The van der Waals surface area contributed by atoms with Crippen molar-refractivity contribution in [1.29, 1.82) is 0 Å². The van der Waals surface area contributed by atoms with E-state index in [2.05, 4.69) is 10.3 Å². The van der Waals surface area contributed by atoms with Gasteiger partial charge in [-0.3, -0.25) is 0 Å². The maximum absolute atomic E-state index is 12.7. The van der Waals surface area contributed by atoms with Crippen molar-refractivity contribution < 1.29 is 27.4 Å². The third kappa shape index (κ3) is 6.21. The Hall–Kier alpha value is -3.07. The van der Waals surface area contributed by atoms with Gasteiger partial charge in [0.1, 0.15) is 10.8 Å². The number of esters is 1. The normalized spacial score (nSPS) is 11.3. The lowest BCUT2D eigenvalue weighted by Crippen LogP contribution is -2.14. The summed E-state index contributed by atoms with van der Waals surface area (Å²) in [6.07, 6.45) is -4.36. The number of nitrogens with one attached hydrogen (secondary N) is 1. The van der Waals surface area contributed by atoms with Crippen molar-refractivity contribution in [3.63, 3.8) is 0 Å². The Labute approximate surface area is 181 Å². The smallest absolute Gasteiger partial charge is 0.416 e. The average molecular weight is 450 g/mol. The summed E-state index contributed by atoms with van der Waals surface area (Å²) in [5.41, 5.74) is 1.64. The molecule has 3 rings (SSSR count). The molecule has 3 aromatic rings. The molecule has 0 aliphatic rings. The Morgan fingerprint density at radius 2 is 1.77 bits per heavy atom. The Balaban J connectivity index is 1.59. The van der Waals surface area contributed by atoms with E-state index in [0.29, 0.717) is 29.5 Å². The highest BCUT2D eigenvalue weighted by atomic mass is 32.1. The van der Waals surface area contributed by atoms with E-state index in [1.807, 2.05) is 19.1 Å². The largest absolute Gasteiger partial charge is 0.482 e. The predicted molar refractivity (Wildman–Crippen MR) is 113 cm³/mol. The number of rotatable bonds is 8. The number of carbonyl (C=O) groups is 1. The molecule has 0 aliphatic carbocycles. The molecule has 0 fully saturated rings. The second-order valence-electron chi connectivity index (χ2n) is 6.57. The number of hydrogen-bond acceptors (Lipinski definition) is 6. The highest BCUT2D eigenvalue weighted by molar-refractivity contribution is 7.15. The summed E-state index contributed by atoms with van der Waals surface area (Å²) in [6, 6.07) is 12.1. The van der Waals surface area contributed by atoms with Gasteiger partial charge in [0.05, 0.1) is 24.4 Å². The summed E-state index contributed by atoms with van der Waals surface area (Å²) >= 11 is 1.43. The van der Waals surface area contributed by atoms with Crippen LogP contribution in [0.25, 0.3) is 10.6 Å². The lowest BCUT2D eigenvalue weighted by atomic mass is 10.1. The van der Waals surface area contributed by atoms with Crippen LogP contribution in [0.2, 0.25) is 0 Å². The van der Waals surface area contributed by atoms with Gasteiger partial charge in [0.25, 0.3) is 0 Å². The van der Waals surface area contributed by atoms with E-state index in [9.17, 15) is 18.0 Å². The summed E-state index contributed by atoms with van der Waals surface area (Å²) in [6.45, 7) is 4.28. The van der Waals surface area contributed by atoms with Crippen molar-refractivity contribution in [3.05, 3.63) is 64.7 Å². The average Bonchev–Trinajstić information content (AvgIpc) is 3.12. The molecule has 0 spiro atoms. The number of alkyl halides is 3. The molecular weight excluding hydrogens is 429 g/mol. The van der Waals surface area contributed by atoms with E-state index in [-0.39, 0.29) is 6.61 Å². The zero-order valence-corrected chi connectivity index (χ0v) is 17.8. The fourth-order valence-corrected chi connectivity index (χ4v) is 3.72. The van der Waals surface area contributed by atoms with E-state index >= 15 is 0 Å². The summed E-state index contributed by atoms with van der Waals surface area (Å²) in [5.74, 6) is 0.131. The van der Waals surface area contributed by atoms with Gasteiger partial charge in [-0.2, -0.15) is 13.2 Å². The first-order valence-corrected chi connectivity index (χ1v) is 10.3. The third-order valence-corrected chi connectivity index (χ3v) is 5.53. The van der Waals surface area contributed by atoms with E-state index in [0.717, 1.165) is 28.4 Å². The van der Waals surface area contributed by atoms with Crippen molar-refractivity contribution in [2.24, 2.45) is 0 Å². The van der Waals surface area contributed by atoms with Gasteiger partial charge in [0.15, 0.2) is 6.61 Å². The van der Waals surface area contributed by atoms with Crippen LogP contribution in [0.1, 0.15) is 23.1 Å². The minimum atomic E-state index is -4.36. The van der Waals surface area contributed by atoms with Gasteiger partial charge in [0, 0.05) is 16.1 Å². The number of benzene rings is 2. The van der Waals surface area contributed by atoms with Crippen molar-refractivity contribution in [2.45, 2.75) is 26.6 Å². The Bertz CT molecular complexity index is 1020. The van der Waals surface area contributed by atoms with Gasteiger partial charge in [0.2, 0.25) is 0 Å². The SMILES string of the molecule is CCOC(=O)COc1ccc(NCc2sc(-c3ccc(C(F)(F)F)cc3)nc2C)cc1. The Morgan fingerprint density at radius 3 is 2.39 bits per heavy atom. The second kappa shape index (κ2) is 9.82. The zero-order chi connectivity index (χ0) is 22.4. The molecule has 0 bridgehead atoms. The first-order chi connectivity index (χ1) is 14.8. The molecule has 0 aliphatic heterocycles. The van der Waals surface area contributed by atoms with E-state index < -0.39 is 17.7 Å². The second-order valence-corrected chi connectivity index (χ2v) is 7.66. The lowest BCUT2D eigenvalue weighted by Gasteiger charge is -2.08. The number of halogens is 3. The molecule has 164 valence electrons. The van der Waals surface area contributed by atoms with E-state index in [1.54, 1.807) is 19.1 Å². The minimum absolute atomic E-state index is 0.145. The summed E-state index contributed by atoms with van der Waals surface area (Å²) < 4.78 is 48.4. The van der Waals surface area contributed by atoms with Crippen molar-refractivity contribution in [2.75, 3.05) is 18.5 Å². The van der Waals surface area contributed by atoms with Gasteiger partial charge >= 0.3 is 12.1 Å². The number of aryl methyl sites for hydroxylation is 1. The predicted octanol–water partition coefficient (Wildman–Crippen LogP) is 5.69. The molecule has 0 saturated heterocycles. The molecule has 0 unspecified atom stereocenters. The Kier molecular flexibility index (Phi) is 7.17. The van der Waals surface area contributed by atoms with Crippen LogP contribution in [-0.2, 0) is 22.3 Å². The lowest BCUT2D eigenvalue weighted by molar-refractivity contribution is -0.145. The summed E-state index contributed by atoms with van der Waals surface area (Å²) in [5, 5.41) is 3.95. The topological polar surface area (TPSA) is 60.5 Å². The molecule has 2 aromatic carbocycles. The van der Waals surface area contributed by atoms with Crippen LogP contribution in [0.15, 0.2) is 48.5 Å². The van der Waals surface area contributed by atoms with Gasteiger partial charge in [-0.25, -0.2) is 9.78 Å². The maximum Gasteiger partial charge on any atom is 0.416 e. The monoisotopic (exact) mass is 450 g/mol. The van der Waals surface area contributed by atoms with Gasteiger partial charge < -0.3 is 14.8 Å². The highest BCUT2D eigenvalue weighted by Gasteiger charge is 2.30. The van der Waals surface area contributed by atoms with E-state index in [4.69, 9.17) is 9.47 Å². The molecule has 0 amide bonds. The molecular formula is C22H21F3N2O3S. The number of anilines is 1. The number of ether oxygens (including phenoxy) is 2. The third-order valence-electron chi connectivity index (χ3n) is 4.32. The molecule has 9 heteroatoms. The molecule has 5 nitrogen and oxygen atoms in total. The summed E-state index contributed by atoms with van der Waals surface area (Å²) in [4.78, 5) is 16.8. The molecule has 0 saturated carbocycles. The van der Waals surface area contributed by atoms with Gasteiger partial charge in [-0.05, 0) is 50.2 Å². The highest BCUT2D eigenvalue weighted by Crippen LogP contribution is 2.33. The van der Waals surface area contributed by atoms with E-state index in [1.165, 1.54) is 23.5 Å². The van der Waals surface area contributed by atoms with Crippen LogP contribution in [0.5, 0.6) is 5.75 Å². The fourth-order valence-electron chi connectivity index (χ4n) is 2.71. The molecule has 31 heavy (non-hydrogen) atoms. The number of aromatic nitrogens is 1. The molecule has 1 N–H and O–H groups in total. The first-order valence-electron chi connectivity index (χ1n) is 9.52. The number of carbonyl (C=O) groups excluding carboxylic acids is 1. The summed E-state index contributed by atoms with van der Waals surface area (Å²) in [7, 11) is 0. The fraction of sp³-hybridized carbons (Fsp3) is 0.273. The molecule has 0 radical (unpaired) electrons. The van der Waals surface area contributed by atoms with Crippen molar-refractivity contribution >= 4 is 23.0 Å². The van der Waals surface area contributed by atoms with Crippen molar-refractivity contribution in [1.82, 2.24) is 4.98 Å². The Morgan fingerprint density at radius 1 is 1.10 bits per heavy atom. The number of hydrogen-bond donors (Lipinski definition) is 1. The maximum atomic E-state index is 12.7. The molecule has 0 atom stereocenters. The van der Waals surface area contributed by atoms with Crippen LogP contribution in [0.3, 0.4) is 0 Å². The van der Waals surface area contributed by atoms with Gasteiger partial charge in [-0.1, -0.05) is 12.1 Å². The quantitative estimate of drug-likeness (QED) is 0.447. The molecule has 1 aromatic heterocycles. The van der Waals surface area contributed by atoms with Gasteiger partial charge in [-0.15, -0.1) is 11.3 Å². The van der Waals surface area contributed by atoms with Crippen LogP contribution in [-0.4, -0.2) is 24.2 Å². The van der Waals surface area contributed by atoms with Crippen molar-refractivity contribution in [3.8, 4) is 16.3 Å². The number of nitrogens with zero attached hydrogens (tertiary/aromatic N) is 1. The minimum Gasteiger partial charge on any atom is -0.482 e. The first kappa shape index (κ1) is 22.6. The standard InChI is InChI=1S/C22H21F3N2O3S/c1-3-29-20(28)13-30-18-10-8-17(9-11-18)26-12-19-14(2)27-21(31-19)15-4-6-16(7-5-15)22(23,24)25/h4-11,26H,3,12-13H2,1-2H3. The molecule has 1 heterocycles. The number of thiazole rings is 1.